The average molecular weight is 474 g/mol. The molecule has 180 valence electrons. The van der Waals surface area contributed by atoms with Gasteiger partial charge in [0.05, 0.1) is 12.6 Å². The lowest BCUT2D eigenvalue weighted by Crippen LogP contribution is -2.30. The van der Waals surface area contributed by atoms with E-state index >= 15 is 0 Å². The van der Waals surface area contributed by atoms with Crippen molar-refractivity contribution in [1.29, 1.82) is 0 Å². The van der Waals surface area contributed by atoms with Gasteiger partial charge in [0.15, 0.2) is 11.0 Å². The molecule has 0 aliphatic rings. The Morgan fingerprint density at radius 3 is 2.11 bits per heavy atom. The number of para-hydroxylation sites is 4. The fourth-order valence-electron chi connectivity index (χ4n) is 5.73. The molecule has 6 aromatic rings. The summed E-state index contributed by atoms with van der Waals surface area (Å²) < 4.78 is 11.1. The molecule has 0 N–H and O–H groups in total. The van der Waals surface area contributed by atoms with Gasteiger partial charge in [0.2, 0.25) is 0 Å². The molecule has 0 saturated carbocycles. The van der Waals surface area contributed by atoms with Gasteiger partial charge < -0.3 is 4.42 Å². The zero-order valence-electron chi connectivity index (χ0n) is 22.0. The van der Waals surface area contributed by atoms with Gasteiger partial charge in [0.1, 0.15) is 16.9 Å². The van der Waals surface area contributed by atoms with Gasteiger partial charge in [-0.05, 0) is 54.7 Å². The zero-order chi connectivity index (χ0) is 25.1. The predicted molar refractivity (Wildman–Crippen MR) is 150 cm³/mol. The summed E-state index contributed by atoms with van der Waals surface area (Å²) in [6, 6.07) is 28.4. The molecule has 0 fully saturated rings. The smallest absolute Gasteiger partial charge is 0.295 e. The van der Waals surface area contributed by atoms with Crippen molar-refractivity contribution in [1.82, 2.24) is 4.57 Å². The first kappa shape index (κ1) is 22.6. The first-order valence-electron chi connectivity index (χ1n) is 12.9. The van der Waals surface area contributed by atoms with Crippen molar-refractivity contribution in [2.45, 2.75) is 46.5 Å². The standard InChI is InChI=1S/C33H33N2O/c1-20(2)23-13-11-14-24(21(3)4)32(23)35-29-16-9-8-15-28(29)34(6)33(35)26-19-27-25-12-7-10-17-30(25)36-31(27)18-22(26)5/h7-21H,1-6H3/q+1. The summed E-state index contributed by atoms with van der Waals surface area (Å²) in [5.74, 6) is 2.00. The van der Waals surface area contributed by atoms with Crippen molar-refractivity contribution in [3.63, 3.8) is 0 Å². The molecular formula is C33H33N2O+. The molecular weight excluding hydrogens is 440 g/mol. The number of furan rings is 1. The number of imidazole rings is 1. The Labute approximate surface area is 212 Å². The molecule has 0 atom stereocenters. The number of aryl methyl sites for hydroxylation is 2. The van der Waals surface area contributed by atoms with Crippen LogP contribution in [0, 0.1) is 6.92 Å². The van der Waals surface area contributed by atoms with Crippen molar-refractivity contribution >= 4 is 33.0 Å². The van der Waals surface area contributed by atoms with Crippen LogP contribution in [0.5, 0.6) is 0 Å². The molecule has 3 nitrogen and oxygen atoms in total. The van der Waals surface area contributed by atoms with E-state index in [0.717, 1.165) is 21.9 Å². The van der Waals surface area contributed by atoms with Crippen LogP contribution in [-0.4, -0.2) is 4.57 Å². The van der Waals surface area contributed by atoms with Crippen LogP contribution in [0.15, 0.2) is 83.3 Å². The lowest BCUT2D eigenvalue weighted by atomic mass is 9.92. The summed E-state index contributed by atoms with van der Waals surface area (Å²) in [5, 5.41) is 2.31. The molecule has 6 rings (SSSR count). The molecule has 36 heavy (non-hydrogen) atoms. The van der Waals surface area contributed by atoms with E-state index in [0.29, 0.717) is 11.8 Å². The second-order valence-electron chi connectivity index (χ2n) is 10.6. The van der Waals surface area contributed by atoms with Gasteiger partial charge >= 0.3 is 0 Å². The van der Waals surface area contributed by atoms with Gasteiger partial charge in [-0.15, -0.1) is 0 Å². The van der Waals surface area contributed by atoms with E-state index in [-0.39, 0.29) is 0 Å². The Hall–Kier alpha value is -3.85. The highest BCUT2D eigenvalue weighted by molar-refractivity contribution is 6.06. The number of hydrogen-bond acceptors (Lipinski definition) is 1. The van der Waals surface area contributed by atoms with Crippen LogP contribution >= 0.6 is 0 Å². The molecule has 0 amide bonds. The summed E-state index contributed by atoms with van der Waals surface area (Å²) in [4.78, 5) is 0. The number of benzene rings is 4. The van der Waals surface area contributed by atoms with Crippen molar-refractivity contribution < 1.29 is 8.98 Å². The summed E-state index contributed by atoms with van der Waals surface area (Å²) in [6.45, 7) is 11.4. The molecule has 3 heteroatoms. The fraction of sp³-hybridized carbons (Fsp3) is 0.242. The number of nitrogens with zero attached hydrogens (tertiary/aromatic N) is 2. The van der Waals surface area contributed by atoms with E-state index in [1.807, 2.05) is 6.07 Å². The fourth-order valence-corrected chi connectivity index (χ4v) is 5.73. The van der Waals surface area contributed by atoms with Gasteiger partial charge in [0.25, 0.3) is 5.82 Å². The molecule has 2 aromatic heterocycles. The molecule has 0 aliphatic heterocycles. The van der Waals surface area contributed by atoms with Crippen molar-refractivity contribution in [2.75, 3.05) is 0 Å². The highest BCUT2D eigenvalue weighted by Gasteiger charge is 2.31. The maximum atomic E-state index is 6.22. The minimum absolute atomic E-state index is 0.402. The van der Waals surface area contributed by atoms with Gasteiger partial charge in [-0.2, -0.15) is 4.57 Å². The summed E-state index contributed by atoms with van der Waals surface area (Å²) in [6.07, 6.45) is 0. The molecule has 0 unspecified atom stereocenters. The average Bonchev–Trinajstić information content (AvgIpc) is 3.37. The van der Waals surface area contributed by atoms with Gasteiger partial charge in [-0.25, -0.2) is 4.57 Å². The Bertz CT molecular complexity index is 1740. The summed E-state index contributed by atoms with van der Waals surface area (Å²) in [5.41, 5.74) is 10.8. The molecule has 0 radical (unpaired) electrons. The highest BCUT2D eigenvalue weighted by Crippen LogP contribution is 2.39. The second-order valence-corrected chi connectivity index (χ2v) is 10.6. The zero-order valence-corrected chi connectivity index (χ0v) is 22.0. The minimum atomic E-state index is 0.402. The first-order valence-corrected chi connectivity index (χ1v) is 12.9. The van der Waals surface area contributed by atoms with E-state index < -0.39 is 0 Å². The molecule has 0 saturated heterocycles. The number of aromatic nitrogens is 2. The molecule has 2 heterocycles. The minimum Gasteiger partial charge on any atom is -0.456 e. The summed E-state index contributed by atoms with van der Waals surface area (Å²) in [7, 11) is 2.19. The van der Waals surface area contributed by atoms with Crippen LogP contribution in [0.4, 0.5) is 0 Å². The predicted octanol–water partition coefficient (Wildman–Crippen LogP) is 8.58. The Morgan fingerprint density at radius 2 is 1.39 bits per heavy atom. The van der Waals surface area contributed by atoms with Gasteiger partial charge in [-0.3, -0.25) is 0 Å². The maximum Gasteiger partial charge on any atom is 0.295 e. The highest BCUT2D eigenvalue weighted by atomic mass is 16.3. The third kappa shape index (κ3) is 3.30. The maximum absolute atomic E-state index is 6.22. The van der Waals surface area contributed by atoms with Crippen LogP contribution in [0.1, 0.15) is 56.2 Å². The molecule has 4 aromatic carbocycles. The number of hydrogen-bond donors (Lipinski definition) is 0. The van der Waals surface area contributed by atoms with Crippen LogP contribution in [0.25, 0.3) is 50.0 Å². The monoisotopic (exact) mass is 473 g/mol. The molecule has 0 aliphatic carbocycles. The van der Waals surface area contributed by atoms with E-state index in [4.69, 9.17) is 4.42 Å². The molecule has 0 bridgehead atoms. The lowest BCUT2D eigenvalue weighted by Gasteiger charge is -2.18. The second kappa shape index (κ2) is 8.37. The topological polar surface area (TPSA) is 21.9 Å². The van der Waals surface area contributed by atoms with E-state index in [1.54, 1.807) is 0 Å². The normalized spacial score (nSPS) is 12.1. The van der Waals surface area contributed by atoms with Crippen LogP contribution in [0.2, 0.25) is 0 Å². The van der Waals surface area contributed by atoms with E-state index in [9.17, 15) is 0 Å². The van der Waals surface area contributed by atoms with Crippen LogP contribution in [-0.2, 0) is 7.05 Å². The van der Waals surface area contributed by atoms with Gasteiger partial charge in [-0.1, -0.05) is 76.2 Å². The van der Waals surface area contributed by atoms with Crippen LogP contribution in [0.3, 0.4) is 0 Å². The number of rotatable bonds is 4. The van der Waals surface area contributed by atoms with E-state index in [1.165, 1.54) is 44.8 Å². The Morgan fingerprint density at radius 1 is 0.722 bits per heavy atom. The third-order valence-electron chi connectivity index (χ3n) is 7.54. The van der Waals surface area contributed by atoms with Gasteiger partial charge in [0, 0.05) is 21.9 Å². The summed E-state index contributed by atoms with van der Waals surface area (Å²) >= 11 is 0. The van der Waals surface area contributed by atoms with Crippen molar-refractivity contribution in [3.8, 4) is 17.1 Å². The SMILES string of the molecule is Cc1cc2oc3ccccc3c2cc1-c1n(-c2c(C(C)C)cccc2C(C)C)c2ccccc2[n+]1C. The first-order chi connectivity index (χ1) is 17.4. The number of fused-ring (bicyclic) bond motifs is 4. The lowest BCUT2D eigenvalue weighted by molar-refractivity contribution is -0.633. The Balaban J connectivity index is 1.78. The van der Waals surface area contributed by atoms with Crippen molar-refractivity contribution in [3.05, 3.63) is 95.6 Å². The van der Waals surface area contributed by atoms with Crippen molar-refractivity contribution in [2.24, 2.45) is 7.05 Å². The molecule has 0 spiro atoms. The Kier molecular flexibility index (Phi) is 5.26. The largest absolute Gasteiger partial charge is 0.456 e. The van der Waals surface area contributed by atoms with E-state index in [2.05, 4.69) is 124 Å². The van der Waals surface area contributed by atoms with Crippen LogP contribution < -0.4 is 4.57 Å². The third-order valence-corrected chi connectivity index (χ3v) is 7.54. The quantitative estimate of drug-likeness (QED) is 0.235.